The first-order chi connectivity index (χ1) is 15.5. The summed E-state index contributed by atoms with van der Waals surface area (Å²) in [5, 5.41) is 9.01. The van der Waals surface area contributed by atoms with E-state index in [0.29, 0.717) is 17.0 Å². The molecule has 3 aromatic carbocycles. The minimum atomic E-state index is -0.969. The van der Waals surface area contributed by atoms with Gasteiger partial charge in [-0.15, -0.1) is 0 Å². The molecule has 8 nitrogen and oxygen atoms in total. The molecule has 0 saturated carbocycles. The lowest BCUT2D eigenvalue weighted by Gasteiger charge is -2.11. The monoisotopic (exact) mass is 430 g/mol. The van der Waals surface area contributed by atoms with Gasteiger partial charge in [0.2, 0.25) is 0 Å². The molecule has 32 heavy (non-hydrogen) atoms. The first-order valence-corrected chi connectivity index (χ1v) is 9.72. The number of carbonyl (C=O) groups is 3. The maximum atomic E-state index is 12.7. The number of nitrogens with one attached hydrogen (secondary N) is 3. The Morgan fingerprint density at radius 2 is 1.62 bits per heavy atom. The predicted octanol–water partition coefficient (Wildman–Crippen LogP) is 3.34. The van der Waals surface area contributed by atoms with Gasteiger partial charge in [-0.25, -0.2) is 5.43 Å². The second kappa shape index (κ2) is 10.5. The fourth-order valence-electron chi connectivity index (χ4n) is 2.80. The van der Waals surface area contributed by atoms with E-state index in [4.69, 9.17) is 4.74 Å². The maximum absolute atomic E-state index is 12.7. The number of para-hydroxylation sites is 1. The third-order valence-electron chi connectivity index (χ3n) is 4.40. The molecule has 8 heteroatoms. The van der Waals surface area contributed by atoms with E-state index < -0.39 is 17.7 Å². The second-order valence-corrected chi connectivity index (χ2v) is 6.80. The van der Waals surface area contributed by atoms with Gasteiger partial charge in [-0.2, -0.15) is 5.10 Å². The van der Waals surface area contributed by atoms with Crippen molar-refractivity contribution in [2.24, 2.45) is 5.10 Å². The molecule has 0 aliphatic carbocycles. The molecular weight excluding hydrogens is 408 g/mol. The zero-order valence-corrected chi connectivity index (χ0v) is 17.6. The number of amides is 3. The standard InChI is InChI=1S/C24H22N4O4/c1-16-6-5-7-18(14-16)26-22(29)20-8-3-4-9-21(20)27-23(30)24(31)28-25-15-17-10-12-19(32-2)13-11-17/h3-15H,1-2H3,(H,26,29)(H,27,30)(H,28,31). The molecule has 3 rings (SSSR count). The highest BCUT2D eigenvalue weighted by Crippen LogP contribution is 2.18. The number of rotatable bonds is 6. The third kappa shape index (κ3) is 6.02. The fourth-order valence-corrected chi connectivity index (χ4v) is 2.80. The number of carbonyl (C=O) groups excluding carboxylic acids is 3. The van der Waals surface area contributed by atoms with E-state index >= 15 is 0 Å². The van der Waals surface area contributed by atoms with Crippen molar-refractivity contribution >= 4 is 35.3 Å². The highest BCUT2D eigenvalue weighted by molar-refractivity contribution is 6.40. The van der Waals surface area contributed by atoms with Crippen LogP contribution in [0.25, 0.3) is 0 Å². The van der Waals surface area contributed by atoms with Gasteiger partial charge in [-0.3, -0.25) is 14.4 Å². The van der Waals surface area contributed by atoms with Crippen molar-refractivity contribution in [3.8, 4) is 5.75 Å². The third-order valence-corrected chi connectivity index (χ3v) is 4.40. The number of ether oxygens (including phenoxy) is 1. The summed E-state index contributed by atoms with van der Waals surface area (Å²) in [7, 11) is 1.56. The van der Waals surface area contributed by atoms with E-state index in [1.54, 1.807) is 55.6 Å². The number of anilines is 2. The van der Waals surface area contributed by atoms with Crippen LogP contribution in [0.3, 0.4) is 0 Å². The second-order valence-electron chi connectivity index (χ2n) is 6.80. The van der Waals surface area contributed by atoms with Crippen LogP contribution in [0.4, 0.5) is 11.4 Å². The van der Waals surface area contributed by atoms with E-state index in [-0.39, 0.29) is 11.3 Å². The number of hydrogen-bond acceptors (Lipinski definition) is 5. The quantitative estimate of drug-likeness (QED) is 0.317. The van der Waals surface area contributed by atoms with Crippen molar-refractivity contribution in [1.29, 1.82) is 0 Å². The normalized spacial score (nSPS) is 10.4. The zero-order chi connectivity index (χ0) is 22.9. The summed E-state index contributed by atoms with van der Waals surface area (Å²) in [5.41, 5.74) is 4.92. The number of hydrazone groups is 1. The largest absolute Gasteiger partial charge is 0.497 e. The SMILES string of the molecule is COc1ccc(C=NNC(=O)C(=O)Nc2ccccc2C(=O)Nc2cccc(C)c2)cc1. The van der Waals surface area contributed by atoms with Gasteiger partial charge in [0.25, 0.3) is 5.91 Å². The molecule has 0 aromatic heterocycles. The summed E-state index contributed by atoms with van der Waals surface area (Å²) >= 11 is 0. The smallest absolute Gasteiger partial charge is 0.329 e. The summed E-state index contributed by atoms with van der Waals surface area (Å²) < 4.78 is 5.07. The van der Waals surface area contributed by atoms with Gasteiger partial charge < -0.3 is 15.4 Å². The van der Waals surface area contributed by atoms with Gasteiger partial charge in [0, 0.05) is 5.69 Å². The van der Waals surface area contributed by atoms with Gasteiger partial charge >= 0.3 is 11.8 Å². The van der Waals surface area contributed by atoms with E-state index in [1.807, 2.05) is 25.1 Å². The molecule has 0 unspecified atom stereocenters. The first-order valence-electron chi connectivity index (χ1n) is 9.72. The zero-order valence-electron chi connectivity index (χ0n) is 17.6. The number of benzene rings is 3. The molecule has 0 aliphatic heterocycles. The van der Waals surface area contributed by atoms with Crippen LogP contribution < -0.4 is 20.8 Å². The number of nitrogens with zero attached hydrogens (tertiary/aromatic N) is 1. The summed E-state index contributed by atoms with van der Waals surface area (Å²) in [5.74, 6) is -1.64. The maximum Gasteiger partial charge on any atom is 0.329 e. The van der Waals surface area contributed by atoms with Crippen LogP contribution in [0.15, 0.2) is 77.9 Å². The molecule has 0 spiro atoms. The highest BCUT2D eigenvalue weighted by Gasteiger charge is 2.17. The summed E-state index contributed by atoms with van der Waals surface area (Å²) in [4.78, 5) is 37.0. The van der Waals surface area contributed by atoms with Crippen LogP contribution in [-0.4, -0.2) is 31.0 Å². The van der Waals surface area contributed by atoms with Crippen molar-refractivity contribution < 1.29 is 19.1 Å². The van der Waals surface area contributed by atoms with E-state index in [0.717, 1.165) is 5.56 Å². The lowest BCUT2D eigenvalue weighted by Crippen LogP contribution is -2.33. The van der Waals surface area contributed by atoms with Crippen molar-refractivity contribution in [2.75, 3.05) is 17.7 Å². The minimum absolute atomic E-state index is 0.205. The minimum Gasteiger partial charge on any atom is -0.497 e. The van der Waals surface area contributed by atoms with Gasteiger partial charge in [-0.05, 0) is 66.6 Å². The first kappa shape index (κ1) is 22.2. The van der Waals surface area contributed by atoms with Crippen molar-refractivity contribution in [3.05, 3.63) is 89.5 Å². The van der Waals surface area contributed by atoms with Crippen LogP contribution in [0.1, 0.15) is 21.5 Å². The van der Waals surface area contributed by atoms with Crippen LogP contribution in [0.5, 0.6) is 5.75 Å². The Hall–Kier alpha value is -4.46. The Labute approximate surface area is 185 Å². The molecule has 3 amide bonds. The van der Waals surface area contributed by atoms with Crippen LogP contribution in [0, 0.1) is 6.92 Å². The Kier molecular flexibility index (Phi) is 7.32. The molecule has 0 heterocycles. The number of hydrogen-bond donors (Lipinski definition) is 3. The van der Waals surface area contributed by atoms with Gasteiger partial charge in [0.15, 0.2) is 0 Å². The molecule has 162 valence electrons. The van der Waals surface area contributed by atoms with Gasteiger partial charge in [0.1, 0.15) is 5.75 Å². The molecule has 3 N–H and O–H groups in total. The molecule has 0 radical (unpaired) electrons. The highest BCUT2D eigenvalue weighted by atomic mass is 16.5. The average Bonchev–Trinajstić information content (AvgIpc) is 2.79. The molecule has 3 aromatic rings. The number of aryl methyl sites for hydroxylation is 1. The molecule has 0 atom stereocenters. The molecular formula is C24H22N4O4. The Balaban J connectivity index is 1.62. The van der Waals surface area contributed by atoms with E-state index in [1.165, 1.54) is 12.3 Å². The summed E-state index contributed by atoms with van der Waals surface area (Å²) in [6.07, 6.45) is 1.40. The van der Waals surface area contributed by atoms with Crippen molar-refractivity contribution in [1.82, 2.24) is 5.43 Å². The lowest BCUT2D eigenvalue weighted by molar-refractivity contribution is -0.136. The van der Waals surface area contributed by atoms with Gasteiger partial charge in [0.05, 0.1) is 24.6 Å². The van der Waals surface area contributed by atoms with E-state index in [2.05, 4.69) is 21.2 Å². The molecule has 0 bridgehead atoms. The van der Waals surface area contributed by atoms with Crippen molar-refractivity contribution in [3.63, 3.8) is 0 Å². The van der Waals surface area contributed by atoms with Crippen molar-refractivity contribution in [2.45, 2.75) is 6.92 Å². The van der Waals surface area contributed by atoms with E-state index in [9.17, 15) is 14.4 Å². The fraction of sp³-hybridized carbons (Fsp3) is 0.0833. The topological polar surface area (TPSA) is 109 Å². The predicted molar refractivity (Wildman–Crippen MR) is 123 cm³/mol. The van der Waals surface area contributed by atoms with Crippen LogP contribution >= 0.6 is 0 Å². The Bertz CT molecular complexity index is 1160. The van der Waals surface area contributed by atoms with Crippen LogP contribution in [0.2, 0.25) is 0 Å². The summed E-state index contributed by atoms with van der Waals surface area (Å²) in [6, 6.07) is 20.7. The Morgan fingerprint density at radius 1 is 0.875 bits per heavy atom. The average molecular weight is 430 g/mol. The molecule has 0 fully saturated rings. The Morgan fingerprint density at radius 3 is 2.34 bits per heavy atom. The molecule has 0 saturated heterocycles. The summed E-state index contributed by atoms with van der Waals surface area (Å²) in [6.45, 7) is 1.92. The number of methoxy groups -OCH3 is 1. The lowest BCUT2D eigenvalue weighted by atomic mass is 10.1. The van der Waals surface area contributed by atoms with Gasteiger partial charge in [-0.1, -0.05) is 24.3 Å². The van der Waals surface area contributed by atoms with Crippen LogP contribution in [-0.2, 0) is 9.59 Å². The molecule has 0 aliphatic rings.